The highest BCUT2D eigenvalue weighted by molar-refractivity contribution is 7.98. The van der Waals surface area contributed by atoms with Crippen LogP contribution >= 0.6 is 11.8 Å². The van der Waals surface area contributed by atoms with Gasteiger partial charge in [0.1, 0.15) is 5.75 Å². The van der Waals surface area contributed by atoms with Crippen molar-refractivity contribution >= 4 is 17.5 Å². The third kappa shape index (κ3) is 2.25. The van der Waals surface area contributed by atoms with E-state index in [9.17, 15) is 9.90 Å². The fraction of sp³-hybridized carbons (Fsp3) is 0.300. The summed E-state index contributed by atoms with van der Waals surface area (Å²) in [5.74, 6) is 0.0538. The number of carbonyl (C=O) groups excluding carboxylic acids is 1. The third-order valence-electron chi connectivity index (χ3n) is 1.83. The van der Waals surface area contributed by atoms with Crippen molar-refractivity contribution in [3.05, 3.63) is 23.8 Å². The smallest absolute Gasteiger partial charge is 0.166 e. The lowest BCUT2D eigenvalue weighted by Gasteiger charge is -2.03. The van der Waals surface area contributed by atoms with E-state index < -0.39 is 0 Å². The highest BCUT2D eigenvalue weighted by atomic mass is 32.2. The van der Waals surface area contributed by atoms with E-state index in [0.29, 0.717) is 12.0 Å². The van der Waals surface area contributed by atoms with Crippen LogP contribution in [-0.4, -0.2) is 17.1 Å². The normalized spacial score (nSPS) is 10.0. The van der Waals surface area contributed by atoms with E-state index >= 15 is 0 Å². The van der Waals surface area contributed by atoms with Crippen LogP contribution < -0.4 is 0 Å². The molecule has 70 valence electrons. The van der Waals surface area contributed by atoms with Gasteiger partial charge in [0.05, 0.1) is 5.56 Å². The monoisotopic (exact) mass is 196 g/mol. The van der Waals surface area contributed by atoms with E-state index in [1.165, 1.54) is 0 Å². The van der Waals surface area contributed by atoms with Gasteiger partial charge in [-0.15, -0.1) is 11.8 Å². The molecule has 0 aromatic heterocycles. The number of thioether (sulfide) groups is 1. The summed E-state index contributed by atoms with van der Waals surface area (Å²) < 4.78 is 0. The Morgan fingerprint density at radius 1 is 1.54 bits per heavy atom. The summed E-state index contributed by atoms with van der Waals surface area (Å²) in [6, 6.07) is 5.09. The molecule has 0 radical (unpaired) electrons. The van der Waals surface area contributed by atoms with E-state index in [-0.39, 0.29) is 11.5 Å². The summed E-state index contributed by atoms with van der Waals surface area (Å²) in [4.78, 5) is 12.3. The minimum Gasteiger partial charge on any atom is -0.507 e. The van der Waals surface area contributed by atoms with Crippen LogP contribution in [0.2, 0.25) is 0 Å². The Morgan fingerprint density at radius 3 is 2.77 bits per heavy atom. The number of rotatable bonds is 3. The molecule has 0 saturated carbocycles. The Bertz CT molecular complexity index is 321. The molecule has 0 atom stereocenters. The zero-order valence-electron chi connectivity index (χ0n) is 7.70. The molecule has 1 aromatic rings. The SMILES string of the molecule is CCC(=O)c1cc(SC)ccc1O. The molecule has 3 heteroatoms. The maximum absolute atomic E-state index is 11.3. The number of phenols is 1. The summed E-state index contributed by atoms with van der Waals surface area (Å²) >= 11 is 1.56. The first-order chi connectivity index (χ1) is 6.19. The number of Topliss-reactive ketones (excluding diaryl/α,β-unsaturated/α-hetero) is 1. The fourth-order valence-corrected chi connectivity index (χ4v) is 1.50. The van der Waals surface area contributed by atoms with Gasteiger partial charge in [0, 0.05) is 11.3 Å². The number of benzene rings is 1. The number of ketones is 1. The molecule has 0 aliphatic rings. The minimum absolute atomic E-state index is 0.0200. The van der Waals surface area contributed by atoms with E-state index in [2.05, 4.69) is 0 Å². The number of hydrogen-bond donors (Lipinski definition) is 1. The summed E-state index contributed by atoms with van der Waals surface area (Å²) in [5.41, 5.74) is 0.425. The highest BCUT2D eigenvalue weighted by Crippen LogP contribution is 2.24. The van der Waals surface area contributed by atoms with Crippen molar-refractivity contribution in [1.29, 1.82) is 0 Å². The van der Waals surface area contributed by atoms with Gasteiger partial charge in [-0.25, -0.2) is 0 Å². The predicted octanol–water partition coefficient (Wildman–Crippen LogP) is 2.71. The van der Waals surface area contributed by atoms with E-state index in [4.69, 9.17) is 0 Å². The molecule has 0 aliphatic heterocycles. The van der Waals surface area contributed by atoms with Crippen molar-refractivity contribution in [3.63, 3.8) is 0 Å². The van der Waals surface area contributed by atoms with Crippen molar-refractivity contribution in [2.75, 3.05) is 6.26 Å². The fourth-order valence-electron chi connectivity index (χ4n) is 1.06. The number of aromatic hydroxyl groups is 1. The molecular weight excluding hydrogens is 184 g/mol. The van der Waals surface area contributed by atoms with Crippen LogP contribution in [0.25, 0.3) is 0 Å². The number of phenolic OH excluding ortho intramolecular Hbond substituents is 1. The molecular formula is C10H12O2S. The van der Waals surface area contributed by atoms with Gasteiger partial charge in [-0.2, -0.15) is 0 Å². The van der Waals surface area contributed by atoms with Gasteiger partial charge in [-0.05, 0) is 24.5 Å². The van der Waals surface area contributed by atoms with Crippen molar-refractivity contribution in [2.45, 2.75) is 18.2 Å². The average Bonchev–Trinajstić information content (AvgIpc) is 2.17. The first-order valence-electron chi connectivity index (χ1n) is 4.09. The molecule has 0 saturated heterocycles. The van der Waals surface area contributed by atoms with Crippen LogP contribution in [0.1, 0.15) is 23.7 Å². The van der Waals surface area contributed by atoms with Crippen molar-refractivity contribution in [3.8, 4) is 5.75 Å². The zero-order chi connectivity index (χ0) is 9.84. The van der Waals surface area contributed by atoms with Gasteiger partial charge < -0.3 is 5.11 Å². The second-order valence-electron chi connectivity index (χ2n) is 2.66. The first-order valence-corrected chi connectivity index (χ1v) is 5.31. The van der Waals surface area contributed by atoms with Crippen LogP contribution in [0.5, 0.6) is 5.75 Å². The highest BCUT2D eigenvalue weighted by Gasteiger charge is 2.09. The maximum Gasteiger partial charge on any atom is 0.166 e. The van der Waals surface area contributed by atoms with Crippen LogP contribution in [0.15, 0.2) is 23.1 Å². The van der Waals surface area contributed by atoms with E-state index in [1.54, 1.807) is 36.9 Å². The summed E-state index contributed by atoms with van der Waals surface area (Å²) in [6.45, 7) is 1.79. The van der Waals surface area contributed by atoms with Gasteiger partial charge in [0.2, 0.25) is 0 Å². The molecule has 0 fully saturated rings. The molecule has 0 spiro atoms. The second-order valence-corrected chi connectivity index (χ2v) is 3.54. The standard InChI is InChI=1S/C10H12O2S/c1-3-9(11)8-6-7(13-2)4-5-10(8)12/h4-6,12H,3H2,1-2H3. The molecule has 0 heterocycles. The topological polar surface area (TPSA) is 37.3 Å². The van der Waals surface area contributed by atoms with Crippen molar-refractivity contribution < 1.29 is 9.90 Å². The second kappa shape index (κ2) is 4.33. The molecule has 1 rings (SSSR count). The molecule has 0 bridgehead atoms. The third-order valence-corrected chi connectivity index (χ3v) is 2.55. The van der Waals surface area contributed by atoms with Crippen LogP contribution in [0.4, 0.5) is 0 Å². The van der Waals surface area contributed by atoms with Crippen LogP contribution in [-0.2, 0) is 0 Å². The Kier molecular flexibility index (Phi) is 3.37. The van der Waals surface area contributed by atoms with Gasteiger partial charge in [0.15, 0.2) is 5.78 Å². The molecule has 0 aliphatic carbocycles. The van der Waals surface area contributed by atoms with Gasteiger partial charge in [-0.1, -0.05) is 6.92 Å². The average molecular weight is 196 g/mol. The van der Waals surface area contributed by atoms with Crippen molar-refractivity contribution in [2.24, 2.45) is 0 Å². The lowest BCUT2D eigenvalue weighted by atomic mass is 10.1. The summed E-state index contributed by atoms with van der Waals surface area (Å²) in [7, 11) is 0. The van der Waals surface area contributed by atoms with E-state index in [1.807, 2.05) is 6.26 Å². The Morgan fingerprint density at radius 2 is 2.23 bits per heavy atom. The summed E-state index contributed by atoms with van der Waals surface area (Å²) in [6.07, 6.45) is 2.36. The number of hydrogen-bond acceptors (Lipinski definition) is 3. The van der Waals surface area contributed by atoms with Gasteiger partial charge >= 0.3 is 0 Å². The molecule has 0 unspecified atom stereocenters. The molecule has 0 amide bonds. The largest absolute Gasteiger partial charge is 0.507 e. The molecule has 1 N–H and O–H groups in total. The quantitative estimate of drug-likeness (QED) is 0.596. The number of carbonyl (C=O) groups is 1. The molecule has 13 heavy (non-hydrogen) atoms. The molecule has 1 aromatic carbocycles. The van der Waals surface area contributed by atoms with Crippen molar-refractivity contribution in [1.82, 2.24) is 0 Å². The van der Waals surface area contributed by atoms with Gasteiger partial charge in [-0.3, -0.25) is 4.79 Å². The minimum atomic E-state index is -0.0200. The summed E-state index contributed by atoms with van der Waals surface area (Å²) in [5, 5.41) is 9.40. The van der Waals surface area contributed by atoms with Crippen LogP contribution in [0, 0.1) is 0 Å². The lowest BCUT2D eigenvalue weighted by Crippen LogP contribution is -1.96. The maximum atomic E-state index is 11.3. The zero-order valence-corrected chi connectivity index (χ0v) is 8.52. The Labute approximate surface area is 82.0 Å². The first kappa shape index (κ1) is 10.1. The molecule has 2 nitrogen and oxygen atoms in total. The van der Waals surface area contributed by atoms with E-state index in [0.717, 1.165) is 4.90 Å². The predicted molar refractivity (Wildman–Crippen MR) is 54.5 cm³/mol. The van der Waals surface area contributed by atoms with Crippen LogP contribution in [0.3, 0.4) is 0 Å². The Hall–Kier alpha value is -0.960. The lowest BCUT2D eigenvalue weighted by molar-refractivity contribution is 0.0985. The van der Waals surface area contributed by atoms with Gasteiger partial charge in [0.25, 0.3) is 0 Å². The Balaban J connectivity index is 3.11.